The van der Waals surface area contributed by atoms with E-state index in [0.29, 0.717) is 11.4 Å². The largest absolute Gasteiger partial charge is 0.495 e. The Bertz CT molecular complexity index is 706. The van der Waals surface area contributed by atoms with Gasteiger partial charge in [-0.2, -0.15) is 0 Å². The second-order valence-corrected chi connectivity index (χ2v) is 6.25. The van der Waals surface area contributed by atoms with Crippen LogP contribution in [0.15, 0.2) is 47.4 Å². The molecule has 0 saturated heterocycles. The minimum atomic E-state index is -3.62. The van der Waals surface area contributed by atoms with Crippen molar-refractivity contribution in [2.75, 3.05) is 11.8 Å². The van der Waals surface area contributed by atoms with Gasteiger partial charge in [0.2, 0.25) is 0 Å². The number of rotatable bonds is 4. The first kappa shape index (κ1) is 14.4. The lowest BCUT2D eigenvalue weighted by Gasteiger charge is -2.14. The highest BCUT2D eigenvalue weighted by molar-refractivity contribution is 7.92. The first-order valence-electron chi connectivity index (χ1n) is 6.17. The van der Waals surface area contributed by atoms with Crippen LogP contribution in [0.3, 0.4) is 0 Å². The normalized spacial score (nSPS) is 11.2. The molecule has 20 heavy (non-hydrogen) atoms. The van der Waals surface area contributed by atoms with Gasteiger partial charge < -0.3 is 4.74 Å². The van der Waals surface area contributed by atoms with E-state index in [9.17, 15) is 8.42 Å². The average molecular weight is 291 g/mol. The minimum absolute atomic E-state index is 0.230. The van der Waals surface area contributed by atoms with E-state index >= 15 is 0 Å². The monoisotopic (exact) mass is 291 g/mol. The second-order valence-electron chi connectivity index (χ2n) is 4.57. The number of sulfonamides is 1. The molecule has 0 atom stereocenters. The molecule has 106 valence electrons. The SMILES string of the molecule is COc1cccc(C)c1NS(=O)(=O)c1ccc(C)cc1. The molecule has 0 fully saturated rings. The summed E-state index contributed by atoms with van der Waals surface area (Å²) in [7, 11) is -2.10. The van der Waals surface area contributed by atoms with Crippen LogP contribution in [-0.2, 0) is 10.0 Å². The molecular weight excluding hydrogens is 274 g/mol. The fourth-order valence-electron chi connectivity index (χ4n) is 1.85. The van der Waals surface area contributed by atoms with E-state index in [4.69, 9.17) is 4.74 Å². The van der Waals surface area contributed by atoms with Crippen LogP contribution >= 0.6 is 0 Å². The summed E-state index contributed by atoms with van der Waals surface area (Å²) in [5, 5.41) is 0. The van der Waals surface area contributed by atoms with Gasteiger partial charge in [0.05, 0.1) is 17.7 Å². The molecule has 2 aromatic rings. The number of nitrogens with one attached hydrogen (secondary N) is 1. The van der Waals surface area contributed by atoms with Gasteiger partial charge in [0.15, 0.2) is 0 Å². The number of anilines is 1. The third-order valence-electron chi connectivity index (χ3n) is 3.02. The highest BCUT2D eigenvalue weighted by Gasteiger charge is 2.17. The van der Waals surface area contributed by atoms with Gasteiger partial charge >= 0.3 is 0 Å². The third-order valence-corrected chi connectivity index (χ3v) is 4.39. The lowest BCUT2D eigenvalue weighted by molar-refractivity contribution is 0.416. The van der Waals surface area contributed by atoms with Crippen molar-refractivity contribution in [1.82, 2.24) is 0 Å². The van der Waals surface area contributed by atoms with Crippen molar-refractivity contribution in [2.45, 2.75) is 18.7 Å². The van der Waals surface area contributed by atoms with Crippen LogP contribution in [0.5, 0.6) is 5.75 Å². The first-order chi connectivity index (χ1) is 9.44. The Labute approximate surface area is 119 Å². The highest BCUT2D eigenvalue weighted by Crippen LogP contribution is 2.29. The molecule has 0 aliphatic rings. The topological polar surface area (TPSA) is 55.4 Å². The standard InChI is InChI=1S/C15H17NO3S/c1-11-7-9-13(10-8-11)20(17,18)16-15-12(2)5-4-6-14(15)19-3/h4-10,16H,1-3H3. The van der Waals surface area contributed by atoms with Gasteiger partial charge in [0, 0.05) is 0 Å². The van der Waals surface area contributed by atoms with Crippen molar-refractivity contribution in [3.8, 4) is 5.75 Å². The summed E-state index contributed by atoms with van der Waals surface area (Å²) in [4.78, 5) is 0.230. The van der Waals surface area contributed by atoms with Gasteiger partial charge in [-0.05, 0) is 37.6 Å². The molecule has 0 saturated carbocycles. The molecule has 0 heterocycles. The average Bonchev–Trinajstić information content (AvgIpc) is 2.41. The molecule has 0 unspecified atom stereocenters. The summed E-state index contributed by atoms with van der Waals surface area (Å²) in [6.07, 6.45) is 0. The Kier molecular flexibility index (Phi) is 3.99. The van der Waals surface area contributed by atoms with Gasteiger partial charge in [-0.1, -0.05) is 29.8 Å². The van der Waals surface area contributed by atoms with Crippen LogP contribution in [0.4, 0.5) is 5.69 Å². The lowest BCUT2D eigenvalue weighted by Crippen LogP contribution is -2.14. The van der Waals surface area contributed by atoms with Crippen LogP contribution in [0.25, 0.3) is 0 Å². The number of benzene rings is 2. The number of para-hydroxylation sites is 1. The maximum atomic E-state index is 12.4. The molecule has 0 aliphatic carbocycles. The smallest absolute Gasteiger partial charge is 0.262 e. The Morgan fingerprint density at radius 2 is 1.65 bits per heavy atom. The highest BCUT2D eigenvalue weighted by atomic mass is 32.2. The predicted octanol–water partition coefficient (Wildman–Crippen LogP) is 3.11. The van der Waals surface area contributed by atoms with Gasteiger partial charge in [-0.25, -0.2) is 8.42 Å². The Morgan fingerprint density at radius 1 is 1.00 bits per heavy atom. The first-order valence-corrected chi connectivity index (χ1v) is 7.65. The molecule has 2 aromatic carbocycles. The van der Waals surface area contributed by atoms with Crippen LogP contribution in [0.2, 0.25) is 0 Å². The summed E-state index contributed by atoms with van der Waals surface area (Å²) in [6, 6.07) is 12.1. The van der Waals surface area contributed by atoms with Crippen molar-refractivity contribution < 1.29 is 13.2 Å². The van der Waals surface area contributed by atoms with E-state index in [1.165, 1.54) is 7.11 Å². The van der Waals surface area contributed by atoms with E-state index in [1.54, 1.807) is 30.3 Å². The van der Waals surface area contributed by atoms with Crippen LogP contribution < -0.4 is 9.46 Å². The van der Waals surface area contributed by atoms with E-state index < -0.39 is 10.0 Å². The third kappa shape index (κ3) is 2.93. The number of hydrogen-bond donors (Lipinski definition) is 1. The van der Waals surface area contributed by atoms with Crippen molar-refractivity contribution >= 4 is 15.7 Å². The Morgan fingerprint density at radius 3 is 2.25 bits per heavy atom. The Hall–Kier alpha value is -2.01. The van der Waals surface area contributed by atoms with Crippen LogP contribution in [-0.4, -0.2) is 15.5 Å². The zero-order valence-corrected chi connectivity index (χ0v) is 12.5. The second kappa shape index (κ2) is 5.54. The summed E-state index contributed by atoms with van der Waals surface area (Å²) in [5.41, 5.74) is 2.29. The van der Waals surface area contributed by atoms with E-state index in [1.807, 2.05) is 26.0 Å². The van der Waals surface area contributed by atoms with Crippen LogP contribution in [0, 0.1) is 13.8 Å². The molecule has 1 N–H and O–H groups in total. The maximum absolute atomic E-state index is 12.4. The van der Waals surface area contributed by atoms with Crippen molar-refractivity contribution in [3.05, 3.63) is 53.6 Å². The molecule has 5 heteroatoms. The number of aryl methyl sites for hydroxylation is 2. The summed E-state index contributed by atoms with van der Waals surface area (Å²) < 4.78 is 32.5. The number of methoxy groups -OCH3 is 1. The summed E-state index contributed by atoms with van der Waals surface area (Å²) >= 11 is 0. The molecule has 0 aromatic heterocycles. The molecule has 2 rings (SSSR count). The maximum Gasteiger partial charge on any atom is 0.262 e. The van der Waals surface area contributed by atoms with E-state index in [0.717, 1.165) is 11.1 Å². The zero-order chi connectivity index (χ0) is 14.8. The van der Waals surface area contributed by atoms with Gasteiger partial charge in [0.25, 0.3) is 10.0 Å². The van der Waals surface area contributed by atoms with Crippen LogP contribution in [0.1, 0.15) is 11.1 Å². The molecular formula is C15H17NO3S. The number of hydrogen-bond acceptors (Lipinski definition) is 3. The molecule has 0 radical (unpaired) electrons. The van der Waals surface area contributed by atoms with E-state index in [2.05, 4.69) is 4.72 Å². The molecule has 0 amide bonds. The zero-order valence-electron chi connectivity index (χ0n) is 11.7. The van der Waals surface area contributed by atoms with Crippen molar-refractivity contribution in [2.24, 2.45) is 0 Å². The van der Waals surface area contributed by atoms with Gasteiger partial charge in [-0.15, -0.1) is 0 Å². The fraction of sp³-hybridized carbons (Fsp3) is 0.200. The molecule has 0 bridgehead atoms. The predicted molar refractivity (Wildman–Crippen MR) is 79.7 cm³/mol. The molecule has 0 aliphatic heterocycles. The lowest BCUT2D eigenvalue weighted by atomic mass is 10.2. The van der Waals surface area contributed by atoms with Gasteiger partial charge in [-0.3, -0.25) is 4.72 Å². The molecule has 4 nitrogen and oxygen atoms in total. The Balaban J connectivity index is 2.41. The van der Waals surface area contributed by atoms with Crippen molar-refractivity contribution in [3.63, 3.8) is 0 Å². The fourth-order valence-corrected chi connectivity index (χ4v) is 2.99. The molecule has 0 spiro atoms. The van der Waals surface area contributed by atoms with Gasteiger partial charge in [0.1, 0.15) is 5.75 Å². The van der Waals surface area contributed by atoms with E-state index in [-0.39, 0.29) is 4.90 Å². The minimum Gasteiger partial charge on any atom is -0.495 e. The quantitative estimate of drug-likeness (QED) is 0.941. The summed E-state index contributed by atoms with van der Waals surface area (Å²) in [6.45, 7) is 3.74. The summed E-state index contributed by atoms with van der Waals surface area (Å²) in [5.74, 6) is 0.501. The van der Waals surface area contributed by atoms with Crippen molar-refractivity contribution in [1.29, 1.82) is 0 Å². The number of ether oxygens (including phenoxy) is 1.